The van der Waals surface area contributed by atoms with Gasteiger partial charge in [0.05, 0.1) is 16.6 Å². The van der Waals surface area contributed by atoms with Crippen molar-refractivity contribution in [3.05, 3.63) is 63.1 Å². The third-order valence-corrected chi connectivity index (χ3v) is 5.73. The lowest BCUT2D eigenvalue weighted by Gasteiger charge is -2.36. The quantitative estimate of drug-likeness (QED) is 0.582. The number of urea groups is 1. The number of nitrogens with one attached hydrogen (secondary N) is 1. The smallest absolute Gasteiger partial charge is 0.314 e. The molecule has 142 valence electrons. The number of carbonyl (C=O) groups is 1. The predicted octanol–water partition coefficient (Wildman–Crippen LogP) is 6.31. The van der Waals surface area contributed by atoms with Gasteiger partial charge < -0.3 is 10.2 Å². The van der Waals surface area contributed by atoms with Crippen molar-refractivity contribution in [1.82, 2.24) is 4.90 Å². The molecule has 0 radical (unpaired) electrons. The summed E-state index contributed by atoms with van der Waals surface area (Å²) in [7, 11) is 0. The van der Waals surface area contributed by atoms with E-state index in [0.717, 1.165) is 36.1 Å². The molecule has 0 saturated carbocycles. The lowest BCUT2D eigenvalue weighted by Crippen LogP contribution is -2.44. The van der Waals surface area contributed by atoms with Crippen LogP contribution >= 0.6 is 23.2 Å². The van der Waals surface area contributed by atoms with E-state index in [9.17, 15) is 18.0 Å². The van der Waals surface area contributed by atoms with Crippen molar-refractivity contribution in [3.63, 3.8) is 0 Å². The zero-order valence-electron chi connectivity index (χ0n) is 14.0. The number of anilines is 1. The van der Waals surface area contributed by atoms with Gasteiger partial charge in [-0.3, -0.25) is 0 Å². The van der Waals surface area contributed by atoms with Crippen molar-refractivity contribution in [1.29, 1.82) is 0 Å². The summed E-state index contributed by atoms with van der Waals surface area (Å²) in [5.41, 5.74) is 1.54. The Balaban J connectivity index is 1.56. The maximum absolute atomic E-state index is 12.8. The maximum atomic E-state index is 12.8. The highest BCUT2D eigenvalue weighted by Crippen LogP contribution is 2.44. The second-order valence-corrected chi connectivity index (χ2v) is 7.67. The number of hydrogen-bond donors (Lipinski definition) is 1. The molecule has 3 nitrogen and oxygen atoms in total. The highest BCUT2D eigenvalue weighted by Gasteiger charge is 2.42. The van der Waals surface area contributed by atoms with Crippen LogP contribution in [0.3, 0.4) is 0 Å². The largest absolute Gasteiger partial charge is 0.417 e. The lowest BCUT2D eigenvalue weighted by molar-refractivity contribution is -0.137. The van der Waals surface area contributed by atoms with Gasteiger partial charge in [0.15, 0.2) is 0 Å². The summed E-state index contributed by atoms with van der Waals surface area (Å²) in [6.07, 6.45) is -2.09. The van der Waals surface area contributed by atoms with Crippen molar-refractivity contribution < 1.29 is 18.0 Å². The average Bonchev–Trinajstić information content (AvgIpc) is 2.89. The van der Waals surface area contributed by atoms with Crippen LogP contribution in [0, 0.1) is 0 Å². The standard InChI is InChI=1S/C19H15Cl2F3N2O/c20-11-1-4-14-10(7-11)8-13-3-6-17(14)26(13)18(27)25-12-2-5-15(16(21)9-12)19(22,23)24/h1-2,4-5,7,9,13,17H,3,6,8H2,(H,25,27)/t13-,17+/m0/s1. The van der Waals surface area contributed by atoms with Crippen LogP contribution in [0.4, 0.5) is 23.7 Å². The van der Waals surface area contributed by atoms with E-state index >= 15 is 0 Å². The number of nitrogens with zero attached hydrogens (tertiary/aromatic N) is 1. The topological polar surface area (TPSA) is 32.3 Å². The first-order chi connectivity index (χ1) is 12.7. The van der Waals surface area contributed by atoms with Gasteiger partial charge in [-0.05, 0) is 60.7 Å². The van der Waals surface area contributed by atoms with Gasteiger partial charge in [0.25, 0.3) is 0 Å². The van der Waals surface area contributed by atoms with Crippen molar-refractivity contribution >= 4 is 34.9 Å². The van der Waals surface area contributed by atoms with E-state index in [4.69, 9.17) is 23.2 Å². The summed E-state index contributed by atoms with van der Waals surface area (Å²) >= 11 is 11.8. The van der Waals surface area contributed by atoms with Crippen LogP contribution in [0.25, 0.3) is 0 Å². The highest BCUT2D eigenvalue weighted by molar-refractivity contribution is 6.31. The van der Waals surface area contributed by atoms with E-state index in [1.165, 1.54) is 6.07 Å². The first-order valence-electron chi connectivity index (χ1n) is 8.48. The fourth-order valence-electron chi connectivity index (χ4n) is 4.04. The molecule has 2 aromatic carbocycles. The van der Waals surface area contributed by atoms with E-state index in [2.05, 4.69) is 5.32 Å². The van der Waals surface area contributed by atoms with Crippen LogP contribution in [-0.2, 0) is 12.6 Å². The molecule has 27 heavy (non-hydrogen) atoms. The number of hydrogen-bond acceptors (Lipinski definition) is 1. The Morgan fingerprint density at radius 1 is 1.11 bits per heavy atom. The highest BCUT2D eigenvalue weighted by atomic mass is 35.5. The summed E-state index contributed by atoms with van der Waals surface area (Å²) in [6, 6.07) is 8.57. The normalized spacial score (nSPS) is 21.1. The molecule has 2 heterocycles. The second-order valence-electron chi connectivity index (χ2n) is 6.82. The summed E-state index contributed by atoms with van der Waals surface area (Å²) < 4.78 is 38.5. The molecule has 2 aliphatic rings. The maximum Gasteiger partial charge on any atom is 0.417 e. The van der Waals surface area contributed by atoms with E-state index in [0.29, 0.717) is 11.4 Å². The molecular formula is C19H15Cl2F3N2O. The second kappa shape index (κ2) is 6.60. The minimum atomic E-state index is -4.53. The van der Waals surface area contributed by atoms with Gasteiger partial charge in [0.2, 0.25) is 0 Å². The molecule has 1 fully saturated rings. The molecule has 0 aromatic heterocycles. The van der Waals surface area contributed by atoms with Crippen molar-refractivity contribution in [3.8, 4) is 0 Å². The first-order valence-corrected chi connectivity index (χ1v) is 9.24. The van der Waals surface area contributed by atoms with Gasteiger partial charge >= 0.3 is 12.2 Å². The summed E-state index contributed by atoms with van der Waals surface area (Å²) in [5, 5.41) is 2.91. The molecule has 0 unspecified atom stereocenters. The zero-order valence-corrected chi connectivity index (χ0v) is 15.5. The van der Waals surface area contributed by atoms with Crippen molar-refractivity contribution in [2.45, 2.75) is 37.5 Å². The van der Waals surface area contributed by atoms with E-state index < -0.39 is 16.8 Å². The Kier molecular flexibility index (Phi) is 4.51. The molecule has 1 saturated heterocycles. The van der Waals surface area contributed by atoms with Crippen LogP contribution in [0.2, 0.25) is 10.0 Å². The molecule has 4 rings (SSSR count). The van der Waals surface area contributed by atoms with Gasteiger partial charge in [0.1, 0.15) is 0 Å². The Hall–Kier alpha value is -1.92. The number of halogens is 5. The Labute approximate surface area is 164 Å². The average molecular weight is 415 g/mol. The third kappa shape index (κ3) is 3.36. The number of benzene rings is 2. The number of rotatable bonds is 1. The SMILES string of the molecule is O=C(Nc1ccc(C(F)(F)F)c(Cl)c1)N1[C@H]2CC[C@@H]1c1ccc(Cl)cc1C2. The molecule has 0 spiro atoms. The molecule has 2 atom stereocenters. The zero-order chi connectivity index (χ0) is 19.3. The molecule has 2 aliphatic heterocycles. The minimum absolute atomic E-state index is 0.0471. The Morgan fingerprint density at radius 2 is 1.89 bits per heavy atom. The molecule has 2 amide bonds. The fraction of sp³-hybridized carbons (Fsp3) is 0.316. The lowest BCUT2D eigenvalue weighted by atomic mass is 9.93. The van der Waals surface area contributed by atoms with Crippen LogP contribution in [0.15, 0.2) is 36.4 Å². The van der Waals surface area contributed by atoms with Gasteiger partial charge in [-0.25, -0.2) is 4.79 Å². The predicted molar refractivity (Wildman–Crippen MR) is 98.2 cm³/mol. The van der Waals surface area contributed by atoms with Gasteiger partial charge in [-0.1, -0.05) is 29.3 Å². The number of amides is 2. The van der Waals surface area contributed by atoms with Crippen LogP contribution in [0.1, 0.15) is 35.6 Å². The molecule has 2 aromatic rings. The van der Waals surface area contributed by atoms with E-state index in [1.807, 2.05) is 18.2 Å². The van der Waals surface area contributed by atoms with E-state index in [-0.39, 0.29) is 23.8 Å². The van der Waals surface area contributed by atoms with Crippen LogP contribution in [0.5, 0.6) is 0 Å². The Bertz CT molecular complexity index is 916. The summed E-state index contributed by atoms with van der Waals surface area (Å²) in [5.74, 6) is 0. The molecule has 2 bridgehead atoms. The minimum Gasteiger partial charge on any atom is -0.314 e. The van der Waals surface area contributed by atoms with Crippen LogP contribution < -0.4 is 5.32 Å². The molecule has 1 N–H and O–H groups in total. The summed E-state index contributed by atoms with van der Waals surface area (Å²) in [4.78, 5) is 14.6. The van der Waals surface area contributed by atoms with Crippen molar-refractivity contribution in [2.24, 2.45) is 0 Å². The van der Waals surface area contributed by atoms with Gasteiger partial charge in [-0.15, -0.1) is 0 Å². The third-order valence-electron chi connectivity index (χ3n) is 5.18. The molecule has 8 heteroatoms. The van der Waals surface area contributed by atoms with Gasteiger partial charge in [-0.2, -0.15) is 13.2 Å². The fourth-order valence-corrected chi connectivity index (χ4v) is 4.52. The molecular weight excluding hydrogens is 400 g/mol. The first kappa shape index (κ1) is 18.4. The van der Waals surface area contributed by atoms with Crippen molar-refractivity contribution in [2.75, 3.05) is 5.32 Å². The number of fused-ring (bicyclic) bond motifs is 4. The number of alkyl halides is 3. The Morgan fingerprint density at radius 3 is 2.59 bits per heavy atom. The monoisotopic (exact) mass is 414 g/mol. The molecule has 0 aliphatic carbocycles. The summed E-state index contributed by atoms with van der Waals surface area (Å²) in [6.45, 7) is 0. The number of carbonyl (C=O) groups excluding carboxylic acids is 1. The van der Waals surface area contributed by atoms with E-state index in [1.54, 1.807) is 4.90 Å². The van der Waals surface area contributed by atoms with Crippen LogP contribution in [-0.4, -0.2) is 17.0 Å². The van der Waals surface area contributed by atoms with Gasteiger partial charge in [0, 0.05) is 16.8 Å².